The van der Waals surface area contributed by atoms with Crippen LogP contribution in [0.3, 0.4) is 0 Å². The van der Waals surface area contributed by atoms with Crippen molar-refractivity contribution in [3.05, 3.63) is 71.4 Å². The number of ether oxygens (including phenoxy) is 1. The Morgan fingerprint density at radius 1 is 1.10 bits per heavy atom. The molecule has 0 saturated heterocycles. The Bertz CT molecular complexity index is 898. The number of methoxy groups -OCH3 is 1. The Balaban J connectivity index is 2.25. The summed E-state index contributed by atoms with van der Waals surface area (Å²) in [6.45, 7) is 0. The number of carbonyl (C=O) groups excluding carboxylic acids is 2. The van der Waals surface area contributed by atoms with Crippen molar-refractivity contribution in [1.82, 2.24) is 10.6 Å². The topological polar surface area (TPSA) is 105 Å². The third kappa shape index (κ3) is 6.97. The van der Waals surface area contributed by atoms with Crippen molar-refractivity contribution in [3.63, 3.8) is 0 Å². The Morgan fingerprint density at radius 2 is 1.77 bits per heavy atom. The molecule has 2 rings (SSSR count). The van der Waals surface area contributed by atoms with Crippen molar-refractivity contribution in [2.45, 2.75) is 12.5 Å². The van der Waals surface area contributed by atoms with Gasteiger partial charge in [-0.2, -0.15) is 11.8 Å². The molecule has 0 aliphatic rings. The molecule has 0 saturated carbocycles. The van der Waals surface area contributed by atoms with Crippen LogP contribution in [0, 0.1) is 0 Å². The minimum absolute atomic E-state index is 0.0441. The molecule has 7 nitrogen and oxygen atoms in total. The highest BCUT2D eigenvalue weighted by Gasteiger charge is 2.22. The van der Waals surface area contributed by atoms with Gasteiger partial charge in [-0.25, -0.2) is 4.79 Å². The molecule has 2 amide bonds. The number of aliphatic carboxylic acids is 1. The third-order valence-electron chi connectivity index (χ3n) is 4.17. The van der Waals surface area contributed by atoms with Gasteiger partial charge < -0.3 is 20.5 Å². The van der Waals surface area contributed by atoms with Gasteiger partial charge in [0.1, 0.15) is 17.5 Å². The fourth-order valence-electron chi connectivity index (χ4n) is 2.54. The molecular weight excluding hydrogens is 404 g/mol. The van der Waals surface area contributed by atoms with E-state index in [0.717, 1.165) is 0 Å². The second-order valence-electron chi connectivity index (χ2n) is 6.30. The highest BCUT2D eigenvalue weighted by molar-refractivity contribution is 7.98. The molecule has 30 heavy (non-hydrogen) atoms. The molecule has 2 aromatic carbocycles. The van der Waals surface area contributed by atoms with E-state index in [4.69, 9.17) is 4.74 Å². The normalized spacial score (nSPS) is 12.0. The highest BCUT2D eigenvalue weighted by Crippen LogP contribution is 2.13. The molecule has 158 valence electrons. The molecule has 0 radical (unpaired) electrons. The first-order valence-electron chi connectivity index (χ1n) is 9.19. The lowest BCUT2D eigenvalue weighted by molar-refractivity contribution is -0.141. The van der Waals surface area contributed by atoms with Crippen LogP contribution in [0.1, 0.15) is 22.3 Å². The zero-order chi connectivity index (χ0) is 21.9. The molecular formula is C22H24N2O5S. The zero-order valence-electron chi connectivity index (χ0n) is 16.8. The second kappa shape index (κ2) is 11.7. The van der Waals surface area contributed by atoms with Crippen molar-refractivity contribution >= 4 is 35.6 Å². The third-order valence-corrected chi connectivity index (χ3v) is 4.81. The maximum atomic E-state index is 12.8. The summed E-state index contributed by atoms with van der Waals surface area (Å²) in [5.41, 5.74) is 0.978. The number of hydrogen-bond donors (Lipinski definition) is 3. The van der Waals surface area contributed by atoms with Crippen LogP contribution < -0.4 is 15.4 Å². The van der Waals surface area contributed by atoms with E-state index < -0.39 is 23.8 Å². The smallest absolute Gasteiger partial charge is 0.326 e. The molecule has 0 unspecified atom stereocenters. The lowest BCUT2D eigenvalue weighted by Crippen LogP contribution is -2.44. The van der Waals surface area contributed by atoms with E-state index >= 15 is 0 Å². The second-order valence-corrected chi connectivity index (χ2v) is 7.28. The van der Waals surface area contributed by atoms with Crippen LogP contribution in [0.4, 0.5) is 0 Å². The molecule has 0 aliphatic heterocycles. The lowest BCUT2D eigenvalue weighted by atomic mass is 10.1. The summed E-state index contributed by atoms with van der Waals surface area (Å²) < 4.78 is 5.08. The van der Waals surface area contributed by atoms with Gasteiger partial charge in [-0.15, -0.1) is 0 Å². The van der Waals surface area contributed by atoms with Crippen LogP contribution >= 0.6 is 11.8 Å². The van der Waals surface area contributed by atoms with E-state index in [9.17, 15) is 19.5 Å². The Labute approximate surface area is 179 Å². The standard InChI is InChI=1S/C22H24N2O5S/c1-29-17-10-8-16(9-11-17)20(25)24-19(14-15-6-4-3-5-7-15)21(26)23-18(22(27)28)12-13-30-2/h3-11,14,18H,12-13H2,1-2H3,(H,23,26)(H,24,25)(H,27,28)/b19-14-/t18-/m0/s1. The van der Waals surface area contributed by atoms with Gasteiger partial charge in [0, 0.05) is 5.56 Å². The Kier molecular flexibility index (Phi) is 8.96. The zero-order valence-corrected chi connectivity index (χ0v) is 17.6. The molecule has 0 aliphatic carbocycles. The molecule has 0 spiro atoms. The van der Waals surface area contributed by atoms with Gasteiger partial charge in [0.2, 0.25) is 0 Å². The molecule has 3 N–H and O–H groups in total. The Hall–Kier alpha value is -3.26. The van der Waals surface area contributed by atoms with E-state index in [1.165, 1.54) is 24.9 Å². The van der Waals surface area contributed by atoms with E-state index in [1.807, 2.05) is 12.3 Å². The molecule has 0 fully saturated rings. The van der Waals surface area contributed by atoms with E-state index in [2.05, 4.69) is 10.6 Å². The molecule has 0 heterocycles. The summed E-state index contributed by atoms with van der Waals surface area (Å²) in [6.07, 6.45) is 3.63. The number of nitrogens with one attached hydrogen (secondary N) is 2. The van der Waals surface area contributed by atoms with E-state index in [1.54, 1.807) is 48.5 Å². The molecule has 0 aromatic heterocycles. The van der Waals surface area contributed by atoms with Crippen molar-refractivity contribution in [3.8, 4) is 5.75 Å². The van der Waals surface area contributed by atoms with Crippen LogP contribution in [-0.4, -0.2) is 48.1 Å². The predicted octanol–water partition coefficient (Wildman–Crippen LogP) is 2.79. The van der Waals surface area contributed by atoms with Crippen LogP contribution in [0.15, 0.2) is 60.3 Å². The number of hydrogen-bond acceptors (Lipinski definition) is 5. The molecule has 0 bridgehead atoms. The average Bonchev–Trinajstić information content (AvgIpc) is 2.76. The van der Waals surface area contributed by atoms with Gasteiger partial charge in [0.05, 0.1) is 7.11 Å². The summed E-state index contributed by atoms with van der Waals surface area (Å²) in [4.78, 5) is 36.9. The Morgan fingerprint density at radius 3 is 2.33 bits per heavy atom. The minimum atomic E-state index is -1.13. The first-order valence-corrected chi connectivity index (χ1v) is 10.6. The summed E-state index contributed by atoms with van der Waals surface area (Å²) in [5.74, 6) is -1.12. The van der Waals surface area contributed by atoms with Gasteiger partial charge in [-0.05, 0) is 54.3 Å². The summed E-state index contributed by atoms with van der Waals surface area (Å²) in [6, 6.07) is 14.3. The van der Waals surface area contributed by atoms with Crippen molar-refractivity contribution in [2.24, 2.45) is 0 Å². The number of benzene rings is 2. The monoisotopic (exact) mass is 428 g/mol. The molecule has 8 heteroatoms. The average molecular weight is 429 g/mol. The summed E-state index contributed by atoms with van der Waals surface area (Å²) >= 11 is 1.49. The summed E-state index contributed by atoms with van der Waals surface area (Å²) in [7, 11) is 1.52. The van der Waals surface area contributed by atoms with Gasteiger partial charge in [-0.1, -0.05) is 30.3 Å². The van der Waals surface area contributed by atoms with Crippen molar-refractivity contribution in [1.29, 1.82) is 0 Å². The van der Waals surface area contributed by atoms with E-state index in [-0.39, 0.29) is 12.1 Å². The number of rotatable bonds is 10. The minimum Gasteiger partial charge on any atom is -0.497 e. The number of carboxylic acids is 1. The largest absolute Gasteiger partial charge is 0.497 e. The van der Waals surface area contributed by atoms with Crippen molar-refractivity contribution < 1.29 is 24.2 Å². The van der Waals surface area contributed by atoms with E-state index in [0.29, 0.717) is 22.6 Å². The van der Waals surface area contributed by atoms with Crippen LogP contribution in [0.25, 0.3) is 6.08 Å². The number of amides is 2. The maximum Gasteiger partial charge on any atom is 0.326 e. The first-order chi connectivity index (χ1) is 14.4. The number of carboxylic acid groups (broad SMARTS) is 1. The first kappa shape index (κ1) is 23.0. The van der Waals surface area contributed by atoms with Crippen LogP contribution in [0.5, 0.6) is 5.75 Å². The maximum absolute atomic E-state index is 12.8. The van der Waals surface area contributed by atoms with Gasteiger partial charge in [-0.3, -0.25) is 9.59 Å². The molecule has 1 atom stereocenters. The highest BCUT2D eigenvalue weighted by atomic mass is 32.2. The van der Waals surface area contributed by atoms with Gasteiger partial charge >= 0.3 is 5.97 Å². The van der Waals surface area contributed by atoms with Crippen molar-refractivity contribution in [2.75, 3.05) is 19.1 Å². The number of thioether (sulfide) groups is 1. The number of carbonyl (C=O) groups is 3. The van der Waals surface area contributed by atoms with Crippen LogP contribution in [0.2, 0.25) is 0 Å². The van der Waals surface area contributed by atoms with Gasteiger partial charge in [0.15, 0.2) is 0 Å². The quantitative estimate of drug-likeness (QED) is 0.503. The SMILES string of the molecule is COc1ccc(C(=O)N/C(=C\c2ccccc2)C(=O)N[C@@H](CCSC)C(=O)O)cc1. The van der Waals surface area contributed by atoms with Gasteiger partial charge in [0.25, 0.3) is 11.8 Å². The fraction of sp³-hybridized carbons (Fsp3) is 0.227. The lowest BCUT2D eigenvalue weighted by Gasteiger charge is -2.16. The predicted molar refractivity (Wildman–Crippen MR) is 117 cm³/mol. The summed E-state index contributed by atoms with van der Waals surface area (Å²) in [5, 5.41) is 14.5. The molecule has 2 aromatic rings. The van der Waals surface area contributed by atoms with Crippen LogP contribution in [-0.2, 0) is 9.59 Å². The fourth-order valence-corrected chi connectivity index (χ4v) is 3.01.